The van der Waals surface area contributed by atoms with Crippen LogP contribution in [-0.2, 0) is 12.8 Å². The van der Waals surface area contributed by atoms with Crippen molar-refractivity contribution >= 4 is 5.82 Å². The van der Waals surface area contributed by atoms with Crippen molar-refractivity contribution in [2.24, 2.45) is 0 Å². The third-order valence-corrected chi connectivity index (χ3v) is 3.35. The Labute approximate surface area is 99.5 Å². The average molecular weight is 229 g/mol. The highest BCUT2D eigenvalue weighted by Gasteiger charge is 2.15. The molecule has 0 spiro atoms. The zero-order valence-corrected chi connectivity index (χ0v) is 9.53. The second kappa shape index (κ2) is 3.80. The number of phenolic OH excluding ortho intramolecular Hbond substituents is 1. The van der Waals surface area contributed by atoms with Crippen molar-refractivity contribution in [2.75, 3.05) is 5.73 Å². The van der Waals surface area contributed by atoms with E-state index in [-0.39, 0.29) is 0 Å². The minimum absolute atomic E-state index is 0.300. The van der Waals surface area contributed by atoms with Crippen molar-refractivity contribution in [1.29, 1.82) is 0 Å². The van der Waals surface area contributed by atoms with Crippen LogP contribution < -0.4 is 5.73 Å². The highest BCUT2D eigenvalue weighted by Crippen LogP contribution is 2.34. The Balaban J connectivity index is 2.11. The van der Waals surface area contributed by atoms with Crippen LogP contribution >= 0.6 is 0 Å². The third kappa shape index (κ3) is 1.75. The first-order valence-electron chi connectivity index (χ1n) is 5.90. The molecule has 0 saturated carbocycles. The van der Waals surface area contributed by atoms with E-state index in [0.29, 0.717) is 11.6 Å². The smallest absolute Gasteiger partial charge is 0.145 e. The van der Waals surface area contributed by atoms with Crippen molar-refractivity contribution in [2.45, 2.75) is 25.7 Å². The lowest BCUT2D eigenvalue weighted by Crippen LogP contribution is -2.02. The second-order valence-electron chi connectivity index (χ2n) is 4.55. The SMILES string of the molecule is Nc1cc(-c2cc3c(cc2O)CCCC3)[nH]n1. The summed E-state index contributed by atoms with van der Waals surface area (Å²) in [6.45, 7) is 0. The number of aromatic amines is 1. The van der Waals surface area contributed by atoms with Gasteiger partial charge in [0, 0.05) is 11.6 Å². The number of phenols is 1. The molecule has 0 aliphatic heterocycles. The van der Waals surface area contributed by atoms with E-state index in [0.717, 1.165) is 24.1 Å². The van der Waals surface area contributed by atoms with Gasteiger partial charge in [0.15, 0.2) is 0 Å². The molecule has 17 heavy (non-hydrogen) atoms. The van der Waals surface area contributed by atoms with Gasteiger partial charge in [0.25, 0.3) is 0 Å². The summed E-state index contributed by atoms with van der Waals surface area (Å²) in [5.74, 6) is 0.742. The van der Waals surface area contributed by atoms with Crippen molar-refractivity contribution < 1.29 is 5.11 Å². The molecular weight excluding hydrogens is 214 g/mol. The number of aromatic nitrogens is 2. The Morgan fingerprint density at radius 2 is 1.82 bits per heavy atom. The Morgan fingerprint density at radius 3 is 2.47 bits per heavy atom. The summed E-state index contributed by atoms with van der Waals surface area (Å²) < 4.78 is 0. The summed E-state index contributed by atoms with van der Waals surface area (Å²) >= 11 is 0. The number of H-pyrrole nitrogens is 1. The Bertz CT molecular complexity index is 560. The minimum atomic E-state index is 0.300. The molecule has 4 heteroatoms. The third-order valence-electron chi connectivity index (χ3n) is 3.35. The van der Waals surface area contributed by atoms with E-state index < -0.39 is 0 Å². The zero-order chi connectivity index (χ0) is 11.8. The van der Waals surface area contributed by atoms with Crippen LogP contribution in [0, 0.1) is 0 Å². The van der Waals surface area contributed by atoms with Crippen LogP contribution in [0.1, 0.15) is 24.0 Å². The summed E-state index contributed by atoms with van der Waals surface area (Å²) in [6, 6.07) is 5.67. The summed E-state index contributed by atoms with van der Waals surface area (Å²) in [7, 11) is 0. The fourth-order valence-electron chi connectivity index (χ4n) is 2.46. The number of nitrogen functional groups attached to an aromatic ring is 1. The van der Waals surface area contributed by atoms with Crippen molar-refractivity contribution in [3.8, 4) is 17.0 Å². The predicted molar refractivity (Wildman–Crippen MR) is 66.7 cm³/mol. The van der Waals surface area contributed by atoms with Crippen LogP contribution in [0.3, 0.4) is 0 Å². The fourth-order valence-corrected chi connectivity index (χ4v) is 2.46. The van der Waals surface area contributed by atoms with Gasteiger partial charge in [-0.15, -0.1) is 0 Å². The molecule has 88 valence electrons. The first-order chi connectivity index (χ1) is 8.24. The number of aromatic hydroxyl groups is 1. The summed E-state index contributed by atoms with van der Waals surface area (Å²) in [6.07, 6.45) is 4.59. The molecule has 4 nitrogen and oxygen atoms in total. The average Bonchev–Trinajstić information content (AvgIpc) is 2.75. The molecular formula is C13H15N3O. The van der Waals surface area contributed by atoms with Crippen LogP contribution in [-0.4, -0.2) is 15.3 Å². The molecule has 1 aromatic heterocycles. The molecule has 3 rings (SSSR count). The zero-order valence-electron chi connectivity index (χ0n) is 9.53. The van der Waals surface area contributed by atoms with E-state index in [1.54, 1.807) is 6.07 Å². The minimum Gasteiger partial charge on any atom is -0.507 e. The maximum Gasteiger partial charge on any atom is 0.145 e. The van der Waals surface area contributed by atoms with Crippen LogP contribution in [0.4, 0.5) is 5.82 Å². The lowest BCUT2D eigenvalue weighted by molar-refractivity contribution is 0.475. The monoisotopic (exact) mass is 229 g/mol. The number of fused-ring (bicyclic) bond motifs is 1. The van der Waals surface area contributed by atoms with Gasteiger partial charge in [0.05, 0.1) is 5.69 Å². The first-order valence-corrected chi connectivity index (χ1v) is 5.90. The van der Waals surface area contributed by atoms with Gasteiger partial charge in [-0.3, -0.25) is 5.10 Å². The lowest BCUT2D eigenvalue weighted by Gasteiger charge is -2.17. The molecule has 1 aliphatic rings. The fraction of sp³-hybridized carbons (Fsp3) is 0.308. The van der Waals surface area contributed by atoms with Crippen LogP contribution in [0.15, 0.2) is 18.2 Å². The van der Waals surface area contributed by atoms with Gasteiger partial charge in [0.1, 0.15) is 11.6 Å². The molecule has 2 aromatic rings. The Kier molecular flexibility index (Phi) is 2.28. The number of aryl methyl sites for hydroxylation is 2. The van der Waals surface area contributed by atoms with Crippen molar-refractivity contribution in [1.82, 2.24) is 10.2 Å². The van der Waals surface area contributed by atoms with Crippen molar-refractivity contribution in [3.05, 3.63) is 29.3 Å². The largest absolute Gasteiger partial charge is 0.507 e. The normalized spacial score (nSPS) is 14.6. The number of nitrogens with one attached hydrogen (secondary N) is 1. The van der Waals surface area contributed by atoms with E-state index in [9.17, 15) is 5.11 Å². The van der Waals surface area contributed by atoms with E-state index in [2.05, 4.69) is 16.3 Å². The second-order valence-corrected chi connectivity index (χ2v) is 4.55. The van der Waals surface area contributed by atoms with E-state index in [1.165, 1.54) is 24.0 Å². The molecule has 0 bridgehead atoms. The van der Waals surface area contributed by atoms with Crippen LogP contribution in [0.5, 0.6) is 5.75 Å². The molecule has 4 N–H and O–H groups in total. The van der Waals surface area contributed by atoms with Crippen LogP contribution in [0.2, 0.25) is 0 Å². The predicted octanol–water partition coefficient (Wildman–Crippen LogP) is 2.24. The molecule has 1 aromatic carbocycles. The van der Waals surface area contributed by atoms with E-state index in [1.807, 2.05) is 6.07 Å². The van der Waals surface area contributed by atoms with Gasteiger partial charge in [-0.2, -0.15) is 5.10 Å². The topological polar surface area (TPSA) is 74.9 Å². The van der Waals surface area contributed by atoms with Crippen molar-refractivity contribution in [3.63, 3.8) is 0 Å². The van der Waals surface area contributed by atoms with Crippen LogP contribution in [0.25, 0.3) is 11.3 Å². The van der Waals surface area contributed by atoms with Gasteiger partial charge in [0.2, 0.25) is 0 Å². The number of rotatable bonds is 1. The Hall–Kier alpha value is -1.97. The number of hydrogen-bond acceptors (Lipinski definition) is 3. The first kappa shape index (κ1) is 10.2. The van der Waals surface area contributed by atoms with E-state index >= 15 is 0 Å². The van der Waals surface area contributed by atoms with Gasteiger partial charge in [-0.1, -0.05) is 0 Å². The lowest BCUT2D eigenvalue weighted by atomic mass is 9.89. The number of anilines is 1. The standard InChI is InChI=1S/C13H15N3O/c14-13-7-11(15-16-13)10-5-8-3-1-2-4-9(8)6-12(10)17/h5-7,17H,1-4H2,(H3,14,15,16). The van der Waals surface area contributed by atoms with Gasteiger partial charge in [-0.25, -0.2) is 0 Å². The molecule has 0 amide bonds. The molecule has 0 saturated heterocycles. The molecule has 1 aliphatic carbocycles. The molecule has 0 fully saturated rings. The Morgan fingerprint density at radius 1 is 1.12 bits per heavy atom. The summed E-state index contributed by atoms with van der Waals surface area (Å²) in [5, 5.41) is 16.8. The van der Waals surface area contributed by atoms with Gasteiger partial charge < -0.3 is 10.8 Å². The maximum atomic E-state index is 10.0. The number of hydrogen-bond donors (Lipinski definition) is 3. The van der Waals surface area contributed by atoms with Gasteiger partial charge >= 0.3 is 0 Å². The molecule has 0 atom stereocenters. The quantitative estimate of drug-likeness (QED) is 0.702. The number of nitrogens with two attached hydrogens (primary N) is 1. The highest BCUT2D eigenvalue weighted by atomic mass is 16.3. The highest BCUT2D eigenvalue weighted by molar-refractivity contribution is 5.70. The molecule has 0 radical (unpaired) electrons. The molecule has 1 heterocycles. The number of nitrogens with zero attached hydrogens (tertiary/aromatic N) is 1. The summed E-state index contributed by atoms with van der Waals surface area (Å²) in [4.78, 5) is 0. The summed E-state index contributed by atoms with van der Waals surface area (Å²) in [5.41, 5.74) is 9.74. The number of benzene rings is 1. The van der Waals surface area contributed by atoms with Gasteiger partial charge in [-0.05, 0) is 48.9 Å². The van der Waals surface area contributed by atoms with E-state index in [4.69, 9.17) is 5.73 Å². The maximum absolute atomic E-state index is 10.0. The molecule has 0 unspecified atom stereocenters.